The fourth-order valence-corrected chi connectivity index (χ4v) is 4.25. The van der Waals surface area contributed by atoms with Crippen molar-refractivity contribution in [2.45, 2.75) is 12.5 Å². The number of nitro benzene ring substituents is 1. The number of nitrogens with one attached hydrogen (secondary N) is 2. The van der Waals surface area contributed by atoms with Gasteiger partial charge in [0.2, 0.25) is 5.96 Å². The molecule has 0 spiro atoms. The van der Waals surface area contributed by atoms with E-state index >= 15 is 0 Å². The topological polar surface area (TPSA) is 112 Å². The quantitative estimate of drug-likeness (QED) is 0.631. The molecule has 10 heteroatoms. The summed E-state index contributed by atoms with van der Waals surface area (Å²) in [7, 11) is -0.112. The van der Waals surface area contributed by atoms with E-state index in [1.165, 1.54) is 18.4 Å². The third kappa shape index (κ3) is 2.49. The molecule has 1 aromatic carbocycles. The Morgan fingerprint density at radius 1 is 1.59 bits per heavy atom. The second kappa shape index (κ2) is 5.20. The highest BCUT2D eigenvalue weighted by Crippen LogP contribution is 2.32. The Bertz CT molecular complexity index is 774. The van der Waals surface area contributed by atoms with Crippen LogP contribution in [0, 0.1) is 21.3 Å². The largest absolute Gasteiger partial charge is 0.345 e. The zero-order chi connectivity index (χ0) is 16.7. The predicted octanol–water partition coefficient (Wildman–Crippen LogP) is 1.43. The molecule has 0 saturated carbocycles. The number of halogens is 1. The lowest BCUT2D eigenvalue weighted by Gasteiger charge is -2.42. The number of hydrogen-bond donors (Lipinski definition) is 2. The van der Waals surface area contributed by atoms with Gasteiger partial charge in [-0.3, -0.25) is 19.8 Å². The number of benzene rings is 1. The first-order valence-corrected chi connectivity index (χ1v) is 7.95. The van der Waals surface area contributed by atoms with Gasteiger partial charge in [0.25, 0.3) is 5.69 Å². The van der Waals surface area contributed by atoms with Crippen LogP contribution in [-0.2, 0) is 15.5 Å². The van der Waals surface area contributed by atoms with Crippen molar-refractivity contribution in [2.75, 3.05) is 19.8 Å². The van der Waals surface area contributed by atoms with E-state index in [0.717, 1.165) is 18.2 Å². The molecule has 2 N–H and O–H groups in total. The van der Waals surface area contributed by atoms with Gasteiger partial charge in [0, 0.05) is 31.8 Å². The number of guanidine groups is 1. The zero-order valence-corrected chi connectivity index (χ0v) is 13.1. The molecule has 1 aliphatic heterocycles. The van der Waals surface area contributed by atoms with E-state index < -0.39 is 26.2 Å². The van der Waals surface area contributed by atoms with Gasteiger partial charge in [-0.05, 0) is 13.0 Å². The standard InChI is InChI=1S/C12H16FN5O3S/c1-12(7-22(21,15-2)17(3)11(14)16-12)9-6-8(18(19)20)4-5-10(9)13/h4-6H,7H2,1-3H3,(H2,14,16)/t12-,22?/m0/s1. The van der Waals surface area contributed by atoms with Crippen molar-refractivity contribution < 1.29 is 13.5 Å². The molecule has 0 aromatic heterocycles. The van der Waals surface area contributed by atoms with Gasteiger partial charge in [-0.2, -0.15) is 0 Å². The Morgan fingerprint density at radius 3 is 2.77 bits per heavy atom. The van der Waals surface area contributed by atoms with Crippen molar-refractivity contribution in [1.82, 2.24) is 9.62 Å². The minimum atomic E-state index is -2.93. The Morgan fingerprint density at radius 2 is 2.23 bits per heavy atom. The molecule has 1 unspecified atom stereocenters. The molecular weight excluding hydrogens is 313 g/mol. The van der Waals surface area contributed by atoms with Crippen LogP contribution in [0.4, 0.5) is 10.1 Å². The van der Waals surface area contributed by atoms with Crippen LogP contribution in [0.15, 0.2) is 22.6 Å². The van der Waals surface area contributed by atoms with Gasteiger partial charge in [0.05, 0.1) is 16.2 Å². The highest BCUT2D eigenvalue weighted by Gasteiger charge is 2.42. The van der Waals surface area contributed by atoms with Crippen LogP contribution in [0.5, 0.6) is 0 Å². The third-order valence-corrected chi connectivity index (χ3v) is 6.22. The molecule has 0 bridgehead atoms. The number of hydrogen-bond acceptors (Lipinski definition) is 5. The molecule has 120 valence electrons. The molecule has 0 amide bonds. The summed E-state index contributed by atoms with van der Waals surface area (Å²) < 4.78 is 31.9. The van der Waals surface area contributed by atoms with Crippen LogP contribution in [0.3, 0.4) is 0 Å². The highest BCUT2D eigenvalue weighted by molar-refractivity contribution is 7.92. The summed E-state index contributed by atoms with van der Waals surface area (Å²) in [5, 5.41) is 21.5. The van der Waals surface area contributed by atoms with Crippen molar-refractivity contribution >= 4 is 21.6 Å². The summed E-state index contributed by atoms with van der Waals surface area (Å²) in [4.78, 5) is 10.3. The lowest BCUT2D eigenvalue weighted by molar-refractivity contribution is -0.385. The minimum Gasteiger partial charge on any atom is -0.345 e. The fourth-order valence-electron chi connectivity index (χ4n) is 2.37. The third-order valence-electron chi connectivity index (χ3n) is 3.65. The number of rotatable bonds is 2. The average molecular weight is 329 g/mol. The molecule has 1 fully saturated rings. The van der Waals surface area contributed by atoms with Gasteiger partial charge in [-0.15, -0.1) is 0 Å². The summed E-state index contributed by atoms with van der Waals surface area (Å²) in [6.45, 7) is 1.54. The predicted molar refractivity (Wildman–Crippen MR) is 80.4 cm³/mol. The van der Waals surface area contributed by atoms with E-state index in [1.807, 2.05) is 0 Å². The van der Waals surface area contributed by atoms with Crippen LogP contribution in [0.1, 0.15) is 12.5 Å². The second-order valence-electron chi connectivity index (χ2n) is 5.16. The van der Waals surface area contributed by atoms with E-state index in [0.29, 0.717) is 0 Å². The van der Waals surface area contributed by atoms with Gasteiger partial charge in [-0.25, -0.2) is 13.0 Å². The monoisotopic (exact) mass is 329 g/mol. The normalized spacial score (nSPS) is 28.2. The van der Waals surface area contributed by atoms with E-state index in [1.54, 1.807) is 6.92 Å². The lowest BCUT2D eigenvalue weighted by Crippen LogP contribution is -2.61. The van der Waals surface area contributed by atoms with E-state index in [2.05, 4.69) is 9.68 Å². The van der Waals surface area contributed by atoms with Crippen LogP contribution in [-0.4, -0.2) is 39.2 Å². The maximum Gasteiger partial charge on any atom is 0.269 e. The van der Waals surface area contributed by atoms with E-state index in [4.69, 9.17) is 5.41 Å². The van der Waals surface area contributed by atoms with E-state index in [-0.39, 0.29) is 23.0 Å². The van der Waals surface area contributed by atoms with Gasteiger partial charge >= 0.3 is 0 Å². The van der Waals surface area contributed by atoms with Crippen molar-refractivity contribution in [2.24, 2.45) is 4.36 Å². The van der Waals surface area contributed by atoms with Crippen LogP contribution in [0.25, 0.3) is 0 Å². The molecule has 2 rings (SSSR count). The molecule has 8 nitrogen and oxygen atoms in total. The van der Waals surface area contributed by atoms with Crippen molar-refractivity contribution in [3.8, 4) is 0 Å². The molecule has 0 aliphatic carbocycles. The lowest BCUT2D eigenvalue weighted by atomic mass is 9.93. The van der Waals surface area contributed by atoms with Crippen molar-refractivity contribution in [3.63, 3.8) is 0 Å². The van der Waals surface area contributed by atoms with Crippen LogP contribution in [0.2, 0.25) is 0 Å². The fraction of sp³-hybridized carbons (Fsp3) is 0.417. The number of non-ortho nitro benzene ring substituents is 1. The first kappa shape index (κ1) is 16.1. The Hall–Kier alpha value is -2.23. The number of nitrogens with zero attached hydrogens (tertiary/aromatic N) is 3. The SMILES string of the molecule is CN=S1(=O)C[C@@](C)(c2cc([N+](=O)[O-])ccc2F)NC(=N)N1C. The molecule has 0 radical (unpaired) electrons. The highest BCUT2D eigenvalue weighted by atomic mass is 32.2. The maximum absolute atomic E-state index is 14.2. The first-order chi connectivity index (χ1) is 10.1. The van der Waals surface area contributed by atoms with E-state index in [9.17, 15) is 18.7 Å². The maximum atomic E-state index is 14.2. The summed E-state index contributed by atoms with van der Waals surface area (Å²) in [5.74, 6) is -0.959. The van der Waals surface area contributed by atoms with Gasteiger partial charge < -0.3 is 5.32 Å². The smallest absolute Gasteiger partial charge is 0.269 e. The Labute approximate surface area is 127 Å². The summed E-state index contributed by atoms with van der Waals surface area (Å²) >= 11 is 0. The van der Waals surface area contributed by atoms with Crippen molar-refractivity contribution in [1.29, 1.82) is 5.41 Å². The Balaban J connectivity index is 2.61. The minimum absolute atomic E-state index is 0.0177. The summed E-state index contributed by atoms with van der Waals surface area (Å²) in [6.07, 6.45) is 0. The molecule has 2 atom stereocenters. The number of nitro groups is 1. The van der Waals surface area contributed by atoms with Gasteiger partial charge in [0.15, 0.2) is 0 Å². The van der Waals surface area contributed by atoms with Gasteiger partial charge in [0.1, 0.15) is 15.7 Å². The Kier molecular flexibility index (Phi) is 3.81. The van der Waals surface area contributed by atoms with Crippen LogP contribution < -0.4 is 5.32 Å². The summed E-state index contributed by atoms with van der Waals surface area (Å²) in [5.41, 5.74) is -1.53. The first-order valence-electron chi connectivity index (χ1n) is 6.31. The zero-order valence-electron chi connectivity index (χ0n) is 12.3. The molecule has 22 heavy (non-hydrogen) atoms. The molecule has 1 heterocycles. The average Bonchev–Trinajstić information content (AvgIpc) is 2.44. The molecule has 1 saturated heterocycles. The molecule has 1 aliphatic rings. The van der Waals surface area contributed by atoms with Crippen molar-refractivity contribution in [3.05, 3.63) is 39.7 Å². The molecular formula is C12H16FN5O3S. The summed E-state index contributed by atoms with van der Waals surface area (Å²) in [6, 6.07) is 3.15. The molecule has 1 aromatic rings. The van der Waals surface area contributed by atoms with Gasteiger partial charge in [-0.1, -0.05) is 0 Å². The van der Waals surface area contributed by atoms with Crippen LogP contribution >= 0.6 is 0 Å². The second-order valence-corrected chi connectivity index (χ2v) is 7.57.